The topological polar surface area (TPSA) is 37.5 Å². The van der Waals surface area contributed by atoms with Gasteiger partial charge in [0, 0.05) is 28.6 Å². The van der Waals surface area contributed by atoms with Crippen molar-refractivity contribution in [3.8, 4) is 22.3 Å². The summed E-state index contributed by atoms with van der Waals surface area (Å²) in [6, 6.07) is 62.9. The van der Waals surface area contributed by atoms with Gasteiger partial charge in [-0.2, -0.15) is 0 Å². The minimum atomic E-state index is -0.257. The van der Waals surface area contributed by atoms with Crippen LogP contribution in [-0.4, -0.2) is 5.71 Å². The summed E-state index contributed by atoms with van der Waals surface area (Å²) in [5.74, 6) is 0. The van der Waals surface area contributed by atoms with Crippen molar-refractivity contribution in [2.75, 3.05) is 0 Å². The third-order valence-electron chi connectivity index (χ3n) is 10.7. The minimum absolute atomic E-state index is 0.257. The molecule has 1 atom stereocenters. The molecule has 0 aliphatic carbocycles. The number of allylic oxidation sites excluding steroid dienone is 1. The molecule has 3 nitrogen and oxygen atoms in total. The zero-order valence-corrected chi connectivity index (χ0v) is 29.4. The average Bonchev–Trinajstić information content (AvgIpc) is 3.51. The predicted octanol–water partition coefficient (Wildman–Crippen LogP) is 13.1. The Morgan fingerprint density at radius 1 is 0.509 bits per heavy atom. The van der Waals surface area contributed by atoms with Gasteiger partial charge in [0.05, 0.1) is 0 Å². The highest BCUT2D eigenvalue weighted by Crippen LogP contribution is 2.38. The number of hydrogen-bond donors (Lipinski definition) is 1. The van der Waals surface area contributed by atoms with E-state index in [2.05, 4.69) is 176 Å². The summed E-state index contributed by atoms with van der Waals surface area (Å²) >= 11 is 0. The average molecular weight is 681 g/mol. The zero-order chi connectivity index (χ0) is 35.3. The van der Waals surface area contributed by atoms with Crippen LogP contribution in [0.1, 0.15) is 36.2 Å². The van der Waals surface area contributed by atoms with Crippen LogP contribution in [0, 0.1) is 0 Å². The van der Waals surface area contributed by atoms with Crippen molar-refractivity contribution in [1.82, 2.24) is 5.32 Å². The number of furan rings is 1. The van der Waals surface area contributed by atoms with Crippen molar-refractivity contribution in [2.45, 2.75) is 19.5 Å². The molecule has 1 unspecified atom stereocenters. The number of rotatable bonds is 5. The first-order valence-corrected chi connectivity index (χ1v) is 18.3. The lowest BCUT2D eigenvalue weighted by Crippen LogP contribution is -2.18. The maximum atomic E-state index is 6.20. The highest BCUT2D eigenvalue weighted by Gasteiger charge is 2.22. The number of fused-ring (bicyclic) bond motifs is 5. The second-order valence-corrected chi connectivity index (χ2v) is 14.1. The summed E-state index contributed by atoms with van der Waals surface area (Å²) in [4.78, 5) is 5.42. The summed E-state index contributed by atoms with van der Waals surface area (Å²) in [7, 11) is 0. The van der Waals surface area contributed by atoms with Gasteiger partial charge in [-0.05, 0) is 103 Å². The Hall–Kier alpha value is -6.71. The van der Waals surface area contributed by atoms with Gasteiger partial charge < -0.3 is 9.73 Å². The van der Waals surface area contributed by atoms with Gasteiger partial charge in [-0.15, -0.1) is 0 Å². The molecule has 0 radical (unpaired) electrons. The lowest BCUT2D eigenvalue weighted by Gasteiger charge is -2.20. The number of nitrogens with one attached hydrogen (secondary N) is 1. The Balaban J connectivity index is 1.01. The van der Waals surface area contributed by atoms with Gasteiger partial charge in [-0.1, -0.05) is 146 Å². The van der Waals surface area contributed by atoms with Gasteiger partial charge in [0.25, 0.3) is 0 Å². The van der Waals surface area contributed by atoms with Crippen molar-refractivity contribution < 1.29 is 4.42 Å². The molecule has 0 spiro atoms. The summed E-state index contributed by atoms with van der Waals surface area (Å²) in [5.41, 5.74) is 13.5. The van der Waals surface area contributed by atoms with E-state index in [0.29, 0.717) is 0 Å². The zero-order valence-electron chi connectivity index (χ0n) is 29.4. The fourth-order valence-corrected chi connectivity index (χ4v) is 7.94. The Labute approximate surface area is 308 Å². The summed E-state index contributed by atoms with van der Waals surface area (Å²) in [6.07, 6.45) is 0.508. The quantitative estimate of drug-likeness (QED) is 0.196. The number of aliphatic imine (C=N–C) groups is 1. The third-order valence-corrected chi connectivity index (χ3v) is 10.7. The Bertz CT molecular complexity index is 2900. The SMILES string of the molecule is CC1=C(c2ccc(-c3ccc4ccccc4c3)cc2)NC(c2ccc3cc(-c4cccc5oc6ccccc6c45)ccc3c2)N=C(c2ccccc2)C1. The molecular formula is C50H36N2O. The molecule has 2 heterocycles. The van der Waals surface area contributed by atoms with Crippen LogP contribution in [0.15, 0.2) is 191 Å². The summed E-state index contributed by atoms with van der Waals surface area (Å²) in [6.45, 7) is 2.23. The van der Waals surface area contributed by atoms with E-state index in [4.69, 9.17) is 9.41 Å². The van der Waals surface area contributed by atoms with Crippen LogP contribution in [0.2, 0.25) is 0 Å². The van der Waals surface area contributed by atoms with Crippen molar-refractivity contribution in [2.24, 2.45) is 4.99 Å². The molecule has 9 aromatic rings. The molecule has 53 heavy (non-hydrogen) atoms. The van der Waals surface area contributed by atoms with E-state index in [0.717, 1.165) is 56.5 Å². The molecule has 0 saturated carbocycles. The van der Waals surface area contributed by atoms with E-state index in [1.54, 1.807) is 0 Å². The van der Waals surface area contributed by atoms with Crippen molar-refractivity contribution >= 4 is 54.9 Å². The molecular weight excluding hydrogens is 645 g/mol. The van der Waals surface area contributed by atoms with Gasteiger partial charge in [0.15, 0.2) is 0 Å². The normalized spacial score (nSPS) is 14.8. The Morgan fingerprint density at radius 3 is 2.04 bits per heavy atom. The second-order valence-electron chi connectivity index (χ2n) is 14.1. The minimum Gasteiger partial charge on any atom is -0.456 e. The first-order chi connectivity index (χ1) is 26.1. The second kappa shape index (κ2) is 12.8. The van der Waals surface area contributed by atoms with Crippen molar-refractivity contribution in [1.29, 1.82) is 0 Å². The first-order valence-electron chi connectivity index (χ1n) is 18.3. The van der Waals surface area contributed by atoms with E-state index in [1.165, 1.54) is 49.4 Å². The molecule has 0 fully saturated rings. The summed E-state index contributed by atoms with van der Waals surface area (Å²) in [5, 5.41) is 11.1. The fourth-order valence-electron chi connectivity index (χ4n) is 7.94. The van der Waals surface area contributed by atoms with E-state index in [-0.39, 0.29) is 6.17 Å². The Morgan fingerprint density at radius 2 is 1.15 bits per heavy atom. The molecule has 10 rings (SSSR count). The highest BCUT2D eigenvalue weighted by molar-refractivity contribution is 6.13. The van der Waals surface area contributed by atoms with Crippen LogP contribution in [-0.2, 0) is 0 Å². The predicted molar refractivity (Wildman–Crippen MR) is 222 cm³/mol. The molecule has 252 valence electrons. The van der Waals surface area contributed by atoms with Crippen LogP contribution < -0.4 is 5.32 Å². The fraction of sp³-hybridized carbons (Fsp3) is 0.0600. The number of nitrogens with zero attached hydrogens (tertiary/aromatic N) is 1. The lowest BCUT2D eigenvalue weighted by molar-refractivity contribution is 0.669. The van der Waals surface area contributed by atoms with Crippen LogP contribution in [0.3, 0.4) is 0 Å². The molecule has 1 aromatic heterocycles. The number of benzene rings is 8. The largest absolute Gasteiger partial charge is 0.456 e. The summed E-state index contributed by atoms with van der Waals surface area (Å²) < 4.78 is 6.20. The maximum Gasteiger partial charge on any atom is 0.145 e. The molecule has 8 aromatic carbocycles. The van der Waals surface area contributed by atoms with E-state index in [1.807, 2.05) is 12.1 Å². The van der Waals surface area contributed by atoms with Gasteiger partial charge in [0.2, 0.25) is 0 Å². The van der Waals surface area contributed by atoms with Gasteiger partial charge in [-0.3, -0.25) is 4.99 Å². The molecule has 1 aliphatic rings. The van der Waals surface area contributed by atoms with E-state index < -0.39 is 0 Å². The highest BCUT2D eigenvalue weighted by atomic mass is 16.3. The van der Waals surface area contributed by atoms with Gasteiger partial charge in [-0.25, -0.2) is 0 Å². The number of hydrogen-bond acceptors (Lipinski definition) is 3. The van der Waals surface area contributed by atoms with Crippen LogP contribution in [0.5, 0.6) is 0 Å². The molecule has 0 amide bonds. The third kappa shape index (κ3) is 5.68. The lowest BCUT2D eigenvalue weighted by atomic mass is 9.96. The van der Waals surface area contributed by atoms with Crippen molar-refractivity contribution in [3.63, 3.8) is 0 Å². The van der Waals surface area contributed by atoms with Gasteiger partial charge >= 0.3 is 0 Å². The Kier molecular flexibility index (Phi) is 7.51. The molecule has 3 heteroatoms. The van der Waals surface area contributed by atoms with Gasteiger partial charge in [0.1, 0.15) is 17.3 Å². The molecule has 1 N–H and O–H groups in total. The maximum absolute atomic E-state index is 6.20. The first kappa shape index (κ1) is 31.1. The number of para-hydroxylation sites is 1. The molecule has 0 saturated heterocycles. The monoisotopic (exact) mass is 680 g/mol. The van der Waals surface area contributed by atoms with Crippen LogP contribution >= 0.6 is 0 Å². The van der Waals surface area contributed by atoms with E-state index in [9.17, 15) is 0 Å². The van der Waals surface area contributed by atoms with Crippen molar-refractivity contribution in [3.05, 3.63) is 198 Å². The molecule has 0 bridgehead atoms. The van der Waals surface area contributed by atoms with Crippen LogP contribution in [0.4, 0.5) is 0 Å². The molecule has 1 aliphatic heterocycles. The smallest absolute Gasteiger partial charge is 0.145 e. The standard InChI is InChI=1S/C50H36N2O/c1-32-28-45(35-11-3-2-4-12-35)51-50(52-49(32)36-21-18-34(19-22-36)38-23-20-33-10-5-6-13-37(33)29-38)42-27-25-39-30-41(26-24-40(39)31-42)43-15-9-17-47-48(43)44-14-7-8-16-46(44)53-47/h2-27,29-31,50,52H,28H2,1H3. The van der Waals surface area contributed by atoms with Crippen LogP contribution in [0.25, 0.3) is 71.4 Å². The van der Waals surface area contributed by atoms with E-state index >= 15 is 0 Å².